The zero-order valence-electron chi connectivity index (χ0n) is 11.9. The molecule has 0 saturated carbocycles. The van der Waals surface area contributed by atoms with Crippen molar-refractivity contribution in [3.63, 3.8) is 0 Å². The van der Waals surface area contributed by atoms with Gasteiger partial charge in [-0.25, -0.2) is 0 Å². The molecule has 0 bridgehead atoms. The number of nitrogens with two attached hydrogens (primary N) is 1. The topological polar surface area (TPSA) is 35.2 Å². The molecule has 0 radical (unpaired) electrons. The van der Waals surface area contributed by atoms with Crippen LogP contribution in [0.5, 0.6) is 5.75 Å². The van der Waals surface area contributed by atoms with Crippen molar-refractivity contribution in [3.8, 4) is 5.75 Å². The fourth-order valence-corrected chi connectivity index (χ4v) is 3.28. The number of ether oxygens (including phenoxy) is 1. The van der Waals surface area contributed by atoms with Crippen molar-refractivity contribution in [2.75, 3.05) is 7.11 Å². The second-order valence-corrected chi connectivity index (χ2v) is 5.70. The molecular weight excluding hydrogens is 246 g/mol. The van der Waals surface area contributed by atoms with E-state index in [9.17, 15) is 0 Å². The highest BCUT2D eigenvalue weighted by atomic mass is 16.5. The summed E-state index contributed by atoms with van der Waals surface area (Å²) in [4.78, 5) is 0. The van der Waals surface area contributed by atoms with Gasteiger partial charge in [0, 0.05) is 5.54 Å². The summed E-state index contributed by atoms with van der Waals surface area (Å²) in [6, 6.07) is 16.8. The Balaban J connectivity index is 1.93. The molecule has 2 aromatic rings. The third-order valence-corrected chi connectivity index (χ3v) is 4.28. The summed E-state index contributed by atoms with van der Waals surface area (Å²) >= 11 is 0. The Hall–Kier alpha value is -1.80. The van der Waals surface area contributed by atoms with Gasteiger partial charge in [0.2, 0.25) is 0 Å². The molecule has 1 atom stereocenters. The molecule has 1 aliphatic carbocycles. The first-order chi connectivity index (χ1) is 9.71. The van der Waals surface area contributed by atoms with Gasteiger partial charge in [0.15, 0.2) is 0 Å². The molecule has 2 heteroatoms. The van der Waals surface area contributed by atoms with Gasteiger partial charge in [-0.1, -0.05) is 36.4 Å². The average molecular weight is 267 g/mol. The van der Waals surface area contributed by atoms with Gasteiger partial charge < -0.3 is 10.5 Å². The van der Waals surface area contributed by atoms with E-state index in [1.165, 1.54) is 16.7 Å². The molecule has 0 spiro atoms. The van der Waals surface area contributed by atoms with E-state index < -0.39 is 0 Å². The van der Waals surface area contributed by atoms with Crippen LogP contribution in [0.3, 0.4) is 0 Å². The summed E-state index contributed by atoms with van der Waals surface area (Å²) in [6.45, 7) is 0. The lowest BCUT2D eigenvalue weighted by Crippen LogP contribution is -2.42. The van der Waals surface area contributed by atoms with E-state index in [2.05, 4.69) is 36.4 Å². The lowest BCUT2D eigenvalue weighted by molar-refractivity contribution is 0.368. The quantitative estimate of drug-likeness (QED) is 0.924. The molecule has 3 rings (SSSR count). The number of hydrogen-bond donors (Lipinski definition) is 1. The third-order valence-electron chi connectivity index (χ3n) is 4.28. The highest BCUT2D eigenvalue weighted by molar-refractivity contribution is 5.38. The van der Waals surface area contributed by atoms with Gasteiger partial charge in [-0.05, 0) is 54.5 Å². The van der Waals surface area contributed by atoms with Crippen molar-refractivity contribution in [1.82, 2.24) is 0 Å². The molecule has 20 heavy (non-hydrogen) atoms. The average Bonchev–Trinajstić information content (AvgIpc) is 2.48. The van der Waals surface area contributed by atoms with Crippen LogP contribution >= 0.6 is 0 Å². The standard InChI is InChI=1S/C18H21NO/c1-20-16-9-4-6-14(12-16)13-18(19)11-5-8-15-7-2-3-10-17(15)18/h2-4,6-7,9-10,12H,5,8,11,13,19H2,1H3. The van der Waals surface area contributed by atoms with Crippen LogP contribution in [0.2, 0.25) is 0 Å². The molecule has 104 valence electrons. The van der Waals surface area contributed by atoms with Crippen LogP contribution in [0.15, 0.2) is 48.5 Å². The summed E-state index contributed by atoms with van der Waals surface area (Å²) in [7, 11) is 1.70. The van der Waals surface area contributed by atoms with Crippen LogP contribution in [0.25, 0.3) is 0 Å². The summed E-state index contributed by atoms with van der Waals surface area (Å²) in [5.74, 6) is 0.898. The largest absolute Gasteiger partial charge is 0.497 e. The summed E-state index contributed by atoms with van der Waals surface area (Å²) < 4.78 is 5.31. The minimum Gasteiger partial charge on any atom is -0.497 e. The molecule has 0 aliphatic heterocycles. The summed E-state index contributed by atoms with van der Waals surface area (Å²) in [6.07, 6.45) is 4.22. The monoisotopic (exact) mass is 267 g/mol. The Kier molecular flexibility index (Phi) is 3.49. The van der Waals surface area contributed by atoms with Crippen LogP contribution < -0.4 is 10.5 Å². The maximum atomic E-state index is 6.75. The molecule has 0 fully saturated rings. The van der Waals surface area contributed by atoms with Crippen LogP contribution in [-0.2, 0) is 18.4 Å². The summed E-state index contributed by atoms with van der Waals surface area (Å²) in [5.41, 5.74) is 10.5. The maximum absolute atomic E-state index is 6.75. The van der Waals surface area contributed by atoms with E-state index in [-0.39, 0.29) is 5.54 Å². The Morgan fingerprint density at radius 3 is 2.85 bits per heavy atom. The molecule has 1 unspecified atom stereocenters. The van der Waals surface area contributed by atoms with Crippen molar-refractivity contribution < 1.29 is 4.74 Å². The number of hydrogen-bond acceptors (Lipinski definition) is 2. The second-order valence-electron chi connectivity index (χ2n) is 5.70. The minimum absolute atomic E-state index is 0.249. The first kappa shape index (κ1) is 13.2. The summed E-state index contributed by atoms with van der Waals surface area (Å²) in [5, 5.41) is 0. The molecule has 0 heterocycles. The van der Waals surface area contributed by atoms with Crippen LogP contribution in [0.4, 0.5) is 0 Å². The number of aryl methyl sites for hydroxylation is 1. The third kappa shape index (κ3) is 2.44. The molecule has 0 amide bonds. The Morgan fingerprint density at radius 1 is 1.15 bits per heavy atom. The van der Waals surface area contributed by atoms with Gasteiger partial charge in [0.05, 0.1) is 7.11 Å². The van der Waals surface area contributed by atoms with E-state index in [4.69, 9.17) is 10.5 Å². The van der Waals surface area contributed by atoms with Gasteiger partial charge in [-0.3, -0.25) is 0 Å². The fraction of sp³-hybridized carbons (Fsp3) is 0.333. The van der Waals surface area contributed by atoms with Crippen molar-refractivity contribution in [1.29, 1.82) is 0 Å². The number of methoxy groups -OCH3 is 1. The van der Waals surface area contributed by atoms with Crippen molar-refractivity contribution in [2.45, 2.75) is 31.2 Å². The predicted molar refractivity (Wildman–Crippen MR) is 81.9 cm³/mol. The van der Waals surface area contributed by atoms with Gasteiger partial charge in [-0.15, -0.1) is 0 Å². The van der Waals surface area contributed by atoms with E-state index in [1.54, 1.807) is 7.11 Å². The molecular formula is C18H21NO. The van der Waals surface area contributed by atoms with E-state index in [1.807, 2.05) is 12.1 Å². The first-order valence-electron chi connectivity index (χ1n) is 7.21. The van der Waals surface area contributed by atoms with Crippen molar-refractivity contribution in [2.24, 2.45) is 5.73 Å². The van der Waals surface area contributed by atoms with Crippen LogP contribution in [-0.4, -0.2) is 7.11 Å². The molecule has 2 nitrogen and oxygen atoms in total. The fourth-order valence-electron chi connectivity index (χ4n) is 3.28. The number of fused-ring (bicyclic) bond motifs is 1. The van der Waals surface area contributed by atoms with Gasteiger partial charge in [0.25, 0.3) is 0 Å². The van der Waals surface area contributed by atoms with E-state index in [0.717, 1.165) is 31.4 Å². The highest BCUT2D eigenvalue weighted by Gasteiger charge is 2.32. The Morgan fingerprint density at radius 2 is 2.00 bits per heavy atom. The smallest absolute Gasteiger partial charge is 0.119 e. The van der Waals surface area contributed by atoms with E-state index >= 15 is 0 Å². The minimum atomic E-state index is -0.249. The lowest BCUT2D eigenvalue weighted by Gasteiger charge is -2.36. The van der Waals surface area contributed by atoms with E-state index in [0.29, 0.717) is 0 Å². The maximum Gasteiger partial charge on any atom is 0.119 e. The molecule has 0 saturated heterocycles. The highest BCUT2D eigenvalue weighted by Crippen LogP contribution is 2.36. The zero-order chi connectivity index (χ0) is 14.0. The van der Waals surface area contributed by atoms with Crippen LogP contribution in [0, 0.1) is 0 Å². The number of rotatable bonds is 3. The normalized spacial score (nSPS) is 21.3. The van der Waals surface area contributed by atoms with Gasteiger partial charge >= 0.3 is 0 Å². The zero-order valence-corrected chi connectivity index (χ0v) is 11.9. The van der Waals surface area contributed by atoms with Gasteiger partial charge in [-0.2, -0.15) is 0 Å². The molecule has 1 aliphatic rings. The molecule has 0 aromatic heterocycles. The Labute approximate surface area is 120 Å². The number of benzene rings is 2. The van der Waals surface area contributed by atoms with Gasteiger partial charge in [0.1, 0.15) is 5.75 Å². The van der Waals surface area contributed by atoms with Crippen molar-refractivity contribution in [3.05, 3.63) is 65.2 Å². The van der Waals surface area contributed by atoms with Crippen LogP contribution in [0.1, 0.15) is 29.5 Å². The molecule has 2 N–H and O–H groups in total. The Bertz CT molecular complexity index is 608. The molecule has 2 aromatic carbocycles. The lowest BCUT2D eigenvalue weighted by atomic mass is 9.74. The predicted octanol–water partition coefficient (Wildman–Crippen LogP) is 3.43. The first-order valence-corrected chi connectivity index (χ1v) is 7.21. The second kappa shape index (κ2) is 5.29. The SMILES string of the molecule is COc1cccc(CC2(N)CCCc3ccccc32)c1. The van der Waals surface area contributed by atoms with Crippen molar-refractivity contribution >= 4 is 0 Å².